The zero-order valence-electron chi connectivity index (χ0n) is 17.8. The molecule has 11 heteroatoms. The fourth-order valence-electron chi connectivity index (χ4n) is 4.27. The van der Waals surface area contributed by atoms with E-state index in [0.29, 0.717) is 13.1 Å². The summed E-state index contributed by atoms with van der Waals surface area (Å²) in [6, 6.07) is 5.76. The molecule has 2 amide bonds. The topological polar surface area (TPSA) is 69.7 Å². The fourth-order valence-corrected chi connectivity index (χ4v) is 5.06. The Morgan fingerprint density at radius 3 is 2.45 bits per heavy atom. The molecule has 2 aromatic carbocycles. The van der Waals surface area contributed by atoms with Crippen LogP contribution in [0.15, 0.2) is 42.5 Å². The van der Waals surface area contributed by atoms with Gasteiger partial charge in [0.1, 0.15) is 17.7 Å². The molecule has 2 aliphatic rings. The number of sulfonamides is 1. The monoisotopic (exact) mass is 485 g/mol. The average Bonchev–Trinajstić information content (AvgIpc) is 2.91. The van der Waals surface area contributed by atoms with Crippen LogP contribution in [-0.2, 0) is 16.4 Å². The maximum absolute atomic E-state index is 15.4. The van der Waals surface area contributed by atoms with Gasteiger partial charge in [-0.1, -0.05) is 30.3 Å². The first-order valence-electron chi connectivity index (χ1n) is 10.4. The summed E-state index contributed by atoms with van der Waals surface area (Å²) in [5.74, 6) is -4.85. The number of halogens is 4. The Balaban J connectivity index is 1.72. The highest BCUT2D eigenvalue weighted by Crippen LogP contribution is 2.37. The number of hydrogen-bond donors (Lipinski definition) is 1. The largest absolute Gasteiger partial charge is 0.325 e. The van der Waals surface area contributed by atoms with Crippen LogP contribution in [0.25, 0.3) is 11.1 Å². The van der Waals surface area contributed by atoms with Crippen molar-refractivity contribution >= 4 is 16.1 Å². The highest BCUT2D eigenvalue weighted by atomic mass is 32.2. The molecule has 2 heterocycles. The predicted octanol–water partition coefficient (Wildman–Crippen LogP) is 3.24. The molecule has 6 nitrogen and oxygen atoms in total. The zero-order chi connectivity index (χ0) is 24.0. The van der Waals surface area contributed by atoms with E-state index in [4.69, 9.17) is 0 Å². The molecule has 0 aliphatic carbocycles. The number of nitrogens with one attached hydrogen (secondary N) is 1. The Labute approximate surface area is 189 Å². The van der Waals surface area contributed by atoms with Crippen LogP contribution in [0.3, 0.4) is 0 Å². The van der Waals surface area contributed by atoms with Gasteiger partial charge in [0.05, 0.1) is 18.8 Å². The molecule has 4 rings (SSSR count). The maximum Gasteiger partial charge on any atom is 0.320 e. The molecule has 33 heavy (non-hydrogen) atoms. The van der Waals surface area contributed by atoms with E-state index in [-0.39, 0.29) is 23.1 Å². The van der Waals surface area contributed by atoms with Crippen molar-refractivity contribution in [3.05, 3.63) is 59.7 Å². The molecule has 0 bridgehead atoms. The standard InChI is InChI=1S/C22H23F4N3O3S/c1-33(31,32)27-20-18(29(13-22(20,25)26)21(30)28-9-4-10-28)12-15-6-3-8-17(19(15)24)14-5-2-7-16(23)11-14/h2-3,5-8,11,18,20,27H,4,9-10,12-13H2,1H3/t18-,20+/m0/s1. The summed E-state index contributed by atoms with van der Waals surface area (Å²) in [4.78, 5) is 15.2. The number of carbonyl (C=O) groups excluding carboxylic acids is 1. The number of urea groups is 1. The third-order valence-corrected chi connectivity index (χ3v) is 6.66. The summed E-state index contributed by atoms with van der Waals surface area (Å²) >= 11 is 0. The minimum absolute atomic E-state index is 0.0150. The first-order chi connectivity index (χ1) is 15.5. The number of likely N-dealkylation sites (tertiary alicyclic amines) is 2. The van der Waals surface area contributed by atoms with E-state index < -0.39 is 52.2 Å². The van der Waals surface area contributed by atoms with Gasteiger partial charge >= 0.3 is 6.03 Å². The molecule has 0 unspecified atom stereocenters. The summed E-state index contributed by atoms with van der Waals surface area (Å²) < 4.78 is 84.4. The van der Waals surface area contributed by atoms with Crippen LogP contribution in [0.5, 0.6) is 0 Å². The summed E-state index contributed by atoms with van der Waals surface area (Å²) in [6.07, 6.45) is 1.15. The van der Waals surface area contributed by atoms with Crippen molar-refractivity contribution in [2.45, 2.75) is 30.8 Å². The Bertz CT molecular complexity index is 1170. The fraction of sp³-hybridized carbons (Fsp3) is 0.409. The molecule has 0 spiro atoms. The van der Waals surface area contributed by atoms with Crippen molar-refractivity contribution in [2.24, 2.45) is 0 Å². The highest BCUT2D eigenvalue weighted by molar-refractivity contribution is 7.88. The normalized spacial score (nSPS) is 22.3. The number of amides is 2. The third kappa shape index (κ3) is 4.84. The van der Waals surface area contributed by atoms with Crippen molar-refractivity contribution in [3.63, 3.8) is 0 Å². The van der Waals surface area contributed by atoms with E-state index in [1.807, 2.05) is 4.72 Å². The van der Waals surface area contributed by atoms with E-state index >= 15 is 4.39 Å². The first-order valence-corrected chi connectivity index (χ1v) is 12.3. The van der Waals surface area contributed by atoms with Gasteiger partial charge in [0, 0.05) is 18.7 Å². The first kappa shape index (κ1) is 23.5. The number of alkyl halides is 2. The van der Waals surface area contributed by atoms with Gasteiger partial charge in [-0.15, -0.1) is 0 Å². The molecule has 2 aromatic rings. The van der Waals surface area contributed by atoms with Crippen LogP contribution in [0, 0.1) is 11.6 Å². The van der Waals surface area contributed by atoms with Crippen molar-refractivity contribution < 1.29 is 30.8 Å². The lowest BCUT2D eigenvalue weighted by atomic mass is 9.95. The van der Waals surface area contributed by atoms with Gasteiger partial charge in [0.2, 0.25) is 10.0 Å². The van der Waals surface area contributed by atoms with Gasteiger partial charge < -0.3 is 9.80 Å². The van der Waals surface area contributed by atoms with Gasteiger partial charge in [-0.05, 0) is 36.1 Å². The number of benzene rings is 2. The molecule has 2 aliphatic heterocycles. The Hall–Kier alpha value is -2.66. The molecule has 0 saturated carbocycles. The maximum atomic E-state index is 15.4. The molecule has 2 atom stereocenters. The number of nitrogens with zero attached hydrogens (tertiary/aromatic N) is 2. The van der Waals surface area contributed by atoms with E-state index in [2.05, 4.69) is 0 Å². The molecule has 2 saturated heterocycles. The van der Waals surface area contributed by atoms with Crippen molar-refractivity contribution in [2.75, 3.05) is 25.9 Å². The lowest BCUT2D eigenvalue weighted by Crippen LogP contribution is -2.55. The van der Waals surface area contributed by atoms with Crippen molar-refractivity contribution in [1.82, 2.24) is 14.5 Å². The van der Waals surface area contributed by atoms with E-state index in [9.17, 15) is 26.4 Å². The van der Waals surface area contributed by atoms with Crippen LogP contribution < -0.4 is 4.72 Å². The lowest BCUT2D eigenvalue weighted by molar-refractivity contribution is -0.00557. The third-order valence-electron chi connectivity index (χ3n) is 5.98. The van der Waals surface area contributed by atoms with Crippen LogP contribution in [0.4, 0.5) is 22.4 Å². The quantitative estimate of drug-likeness (QED) is 0.662. The van der Waals surface area contributed by atoms with E-state index in [1.54, 1.807) is 0 Å². The van der Waals surface area contributed by atoms with Crippen LogP contribution in [0.1, 0.15) is 12.0 Å². The van der Waals surface area contributed by atoms with E-state index in [1.165, 1.54) is 41.3 Å². The van der Waals surface area contributed by atoms with Crippen molar-refractivity contribution in [3.8, 4) is 11.1 Å². The smallest absolute Gasteiger partial charge is 0.320 e. The molecular weight excluding hydrogens is 462 g/mol. The Kier molecular flexibility index (Phi) is 6.12. The number of carbonyl (C=O) groups is 1. The zero-order valence-corrected chi connectivity index (χ0v) is 18.6. The van der Waals surface area contributed by atoms with Crippen LogP contribution >= 0.6 is 0 Å². The van der Waals surface area contributed by atoms with Gasteiger partial charge in [0.25, 0.3) is 5.92 Å². The minimum Gasteiger partial charge on any atom is -0.325 e. The predicted molar refractivity (Wildman–Crippen MR) is 114 cm³/mol. The average molecular weight is 486 g/mol. The second-order valence-electron chi connectivity index (χ2n) is 8.44. The second kappa shape index (κ2) is 8.60. The van der Waals surface area contributed by atoms with Gasteiger partial charge in [0.15, 0.2) is 0 Å². The second-order valence-corrected chi connectivity index (χ2v) is 10.2. The molecule has 0 aromatic heterocycles. The molecule has 2 fully saturated rings. The van der Waals surface area contributed by atoms with Gasteiger partial charge in [-0.2, -0.15) is 0 Å². The molecule has 0 radical (unpaired) electrons. The summed E-state index contributed by atoms with van der Waals surface area (Å²) in [7, 11) is -4.05. The number of rotatable bonds is 5. The Morgan fingerprint density at radius 1 is 1.15 bits per heavy atom. The van der Waals surface area contributed by atoms with Crippen LogP contribution in [0.2, 0.25) is 0 Å². The van der Waals surface area contributed by atoms with E-state index in [0.717, 1.165) is 23.6 Å². The summed E-state index contributed by atoms with van der Waals surface area (Å²) in [5.41, 5.74) is 0.358. The van der Waals surface area contributed by atoms with Gasteiger partial charge in [-0.3, -0.25) is 0 Å². The SMILES string of the molecule is CS(=O)(=O)N[C@@H]1[C@H](Cc2cccc(-c3cccc(F)c3)c2F)N(C(=O)N2CCC2)CC1(F)F. The lowest BCUT2D eigenvalue weighted by Gasteiger charge is -2.37. The summed E-state index contributed by atoms with van der Waals surface area (Å²) in [5, 5.41) is 0. The van der Waals surface area contributed by atoms with Crippen LogP contribution in [-0.4, -0.2) is 68.1 Å². The number of hydrogen-bond acceptors (Lipinski definition) is 3. The summed E-state index contributed by atoms with van der Waals surface area (Å²) in [6.45, 7) is -0.145. The highest BCUT2D eigenvalue weighted by Gasteiger charge is 2.57. The minimum atomic E-state index is -4.05. The molecule has 178 valence electrons. The van der Waals surface area contributed by atoms with Gasteiger partial charge in [-0.25, -0.2) is 35.5 Å². The molecule has 1 N–H and O–H groups in total. The van der Waals surface area contributed by atoms with Crippen molar-refractivity contribution in [1.29, 1.82) is 0 Å². The Morgan fingerprint density at radius 2 is 1.85 bits per heavy atom. The molecular formula is C22H23F4N3O3S.